The fourth-order valence-electron chi connectivity index (χ4n) is 2.30. The Kier molecular flexibility index (Phi) is 3.82. The summed E-state index contributed by atoms with van der Waals surface area (Å²) in [6, 6.07) is 8.89. The third-order valence-electron chi connectivity index (χ3n) is 3.54. The molecule has 2 aromatic rings. The van der Waals surface area contributed by atoms with Gasteiger partial charge in [0.1, 0.15) is 10.9 Å². The molecule has 3 rings (SSSR count). The SMILES string of the molecule is CC1C(=O)Nc2ccccc2CN1C(=O)c1sccc1Br. The van der Waals surface area contributed by atoms with Crippen molar-refractivity contribution in [2.24, 2.45) is 0 Å². The molecule has 0 saturated carbocycles. The van der Waals surface area contributed by atoms with Gasteiger partial charge in [-0.2, -0.15) is 0 Å². The molecule has 1 aliphatic rings. The predicted molar refractivity (Wildman–Crippen MR) is 86.4 cm³/mol. The molecule has 2 amide bonds. The summed E-state index contributed by atoms with van der Waals surface area (Å²) in [7, 11) is 0. The molecular formula is C15H13BrN2O2S. The number of carbonyl (C=O) groups excluding carboxylic acids is 2. The Bertz CT molecular complexity index is 713. The fraction of sp³-hybridized carbons (Fsp3) is 0.200. The number of hydrogen-bond acceptors (Lipinski definition) is 3. The number of fused-ring (bicyclic) bond motifs is 1. The lowest BCUT2D eigenvalue weighted by atomic mass is 10.1. The number of carbonyl (C=O) groups is 2. The van der Waals surface area contributed by atoms with Gasteiger partial charge in [-0.1, -0.05) is 18.2 Å². The van der Waals surface area contributed by atoms with E-state index in [9.17, 15) is 9.59 Å². The second kappa shape index (κ2) is 5.61. The first-order valence-electron chi connectivity index (χ1n) is 6.50. The molecule has 0 spiro atoms. The quantitative estimate of drug-likeness (QED) is 0.841. The van der Waals surface area contributed by atoms with E-state index in [2.05, 4.69) is 21.2 Å². The maximum absolute atomic E-state index is 12.7. The summed E-state index contributed by atoms with van der Waals surface area (Å²) in [5.41, 5.74) is 1.71. The largest absolute Gasteiger partial charge is 0.324 e. The Balaban J connectivity index is 2.00. The summed E-state index contributed by atoms with van der Waals surface area (Å²) in [5.74, 6) is -0.294. The van der Waals surface area contributed by atoms with Crippen LogP contribution in [0.15, 0.2) is 40.2 Å². The van der Waals surface area contributed by atoms with Crippen LogP contribution in [0.1, 0.15) is 22.2 Å². The molecule has 1 aliphatic heterocycles. The number of para-hydroxylation sites is 1. The molecule has 6 heteroatoms. The van der Waals surface area contributed by atoms with Gasteiger partial charge in [0.25, 0.3) is 5.91 Å². The number of halogens is 1. The van der Waals surface area contributed by atoms with Crippen LogP contribution in [0.4, 0.5) is 5.69 Å². The van der Waals surface area contributed by atoms with Crippen LogP contribution in [-0.2, 0) is 11.3 Å². The molecule has 4 nitrogen and oxygen atoms in total. The van der Waals surface area contributed by atoms with Crippen LogP contribution < -0.4 is 5.32 Å². The minimum absolute atomic E-state index is 0.128. The van der Waals surface area contributed by atoms with Crippen LogP contribution in [0.2, 0.25) is 0 Å². The normalized spacial score (nSPS) is 17.9. The van der Waals surface area contributed by atoms with E-state index < -0.39 is 6.04 Å². The number of thiophene rings is 1. The number of benzene rings is 1. The molecule has 21 heavy (non-hydrogen) atoms. The van der Waals surface area contributed by atoms with Gasteiger partial charge in [0.2, 0.25) is 5.91 Å². The topological polar surface area (TPSA) is 49.4 Å². The maximum Gasteiger partial charge on any atom is 0.266 e. The highest BCUT2D eigenvalue weighted by Crippen LogP contribution is 2.28. The Morgan fingerprint density at radius 2 is 2.14 bits per heavy atom. The van der Waals surface area contributed by atoms with Crippen molar-refractivity contribution in [3.05, 3.63) is 50.6 Å². The van der Waals surface area contributed by atoms with E-state index in [1.807, 2.05) is 35.7 Å². The van der Waals surface area contributed by atoms with Gasteiger partial charge in [-0.05, 0) is 45.9 Å². The number of anilines is 1. The van der Waals surface area contributed by atoms with E-state index >= 15 is 0 Å². The summed E-state index contributed by atoms with van der Waals surface area (Å²) in [4.78, 5) is 27.2. The first-order chi connectivity index (χ1) is 10.1. The average Bonchev–Trinajstić information content (AvgIpc) is 2.85. The summed E-state index contributed by atoms with van der Waals surface area (Å²) in [6.45, 7) is 2.17. The highest BCUT2D eigenvalue weighted by molar-refractivity contribution is 9.10. The molecular weight excluding hydrogens is 352 g/mol. The first kappa shape index (κ1) is 14.3. The Morgan fingerprint density at radius 3 is 2.86 bits per heavy atom. The summed E-state index contributed by atoms with van der Waals surface area (Å²) in [5, 5.41) is 4.73. The predicted octanol–water partition coefficient (Wildman–Crippen LogP) is 3.49. The number of nitrogens with one attached hydrogen (secondary N) is 1. The van der Waals surface area contributed by atoms with Crippen LogP contribution in [0.3, 0.4) is 0 Å². The molecule has 2 heterocycles. The van der Waals surface area contributed by atoms with Crippen molar-refractivity contribution in [1.29, 1.82) is 0 Å². The molecule has 1 aromatic heterocycles. The number of hydrogen-bond donors (Lipinski definition) is 1. The standard InChI is InChI=1S/C15H13BrN2O2S/c1-9-14(19)17-12-5-3-2-4-10(12)8-18(9)15(20)13-11(16)6-7-21-13/h2-7,9H,8H2,1H3,(H,17,19). The number of nitrogens with zero attached hydrogens (tertiary/aromatic N) is 1. The Hall–Kier alpha value is -1.66. The molecule has 1 atom stereocenters. The molecule has 0 saturated heterocycles. The van der Waals surface area contributed by atoms with Crippen LogP contribution in [-0.4, -0.2) is 22.8 Å². The lowest BCUT2D eigenvalue weighted by Crippen LogP contribution is -2.43. The van der Waals surface area contributed by atoms with Gasteiger partial charge < -0.3 is 10.2 Å². The van der Waals surface area contributed by atoms with Crippen LogP contribution in [0, 0.1) is 0 Å². The van der Waals surface area contributed by atoms with Gasteiger partial charge in [-0.25, -0.2) is 0 Å². The van der Waals surface area contributed by atoms with Crippen molar-refractivity contribution in [3.63, 3.8) is 0 Å². The van der Waals surface area contributed by atoms with Crippen molar-refractivity contribution >= 4 is 44.8 Å². The van der Waals surface area contributed by atoms with Crippen molar-refractivity contribution in [2.45, 2.75) is 19.5 Å². The third kappa shape index (κ3) is 2.61. The summed E-state index contributed by atoms with van der Waals surface area (Å²) < 4.78 is 0.766. The molecule has 1 N–H and O–H groups in total. The minimum Gasteiger partial charge on any atom is -0.324 e. The second-order valence-electron chi connectivity index (χ2n) is 4.85. The second-order valence-corrected chi connectivity index (χ2v) is 6.62. The van der Waals surface area contributed by atoms with Crippen molar-refractivity contribution in [3.8, 4) is 0 Å². The minimum atomic E-state index is -0.515. The van der Waals surface area contributed by atoms with Crippen molar-refractivity contribution < 1.29 is 9.59 Å². The fourth-order valence-corrected chi connectivity index (χ4v) is 3.80. The van der Waals surface area contributed by atoms with E-state index in [0.717, 1.165) is 15.7 Å². The Labute approximate surface area is 134 Å². The van der Waals surface area contributed by atoms with Gasteiger partial charge in [-0.15, -0.1) is 11.3 Å². The zero-order valence-electron chi connectivity index (χ0n) is 11.3. The maximum atomic E-state index is 12.7. The molecule has 0 radical (unpaired) electrons. The first-order valence-corrected chi connectivity index (χ1v) is 8.18. The molecule has 0 bridgehead atoms. The lowest BCUT2D eigenvalue weighted by Gasteiger charge is -2.25. The van der Waals surface area contributed by atoms with Gasteiger partial charge in [0.15, 0.2) is 0 Å². The zero-order valence-corrected chi connectivity index (χ0v) is 13.7. The van der Waals surface area contributed by atoms with Gasteiger partial charge in [-0.3, -0.25) is 9.59 Å². The van der Waals surface area contributed by atoms with Crippen LogP contribution in [0.5, 0.6) is 0 Å². The van der Waals surface area contributed by atoms with Gasteiger partial charge in [0, 0.05) is 16.7 Å². The van der Waals surface area contributed by atoms with Crippen molar-refractivity contribution in [1.82, 2.24) is 4.90 Å². The smallest absolute Gasteiger partial charge is 0.266 e. The highest BCUT2D eigenvalue weighted by Gasteiger charge is 2.31. The Morgan fingerprint density at radius 1 is 1.38 bits per heavy atom. The van der Waals surface area contributed by atoms with Gasteiger partial charge >= 0.3 is 0 Å². The number of amides is 2. The molecule has 0 aliphatic carbocycles. The molecule has 1 aromatic carbocycles. The van der Waals surface area contributed by atoms with Crippen molar-refractivity contribution in [2.75, 3.05) is 5.32 Å². The summed E-state index contributed by atoms with van der Waals surface area (Å²) in [6.07, 6.45) is 0. The van der Waals surface area contributed by atoms with E-state index in [1.54, 1.807) is 11.8 Å². The lowest BCUT2D eigenvalue weighted by molar-refractivity contribution is -0.119. The molecule has 0 fully saturated rings. The van der Waals surface area contributed by atoms with Crippen LogP contribution in [0.25, 0.3) is 0 Å². The van der Waals surface area contributed by atoms with Gasteiger partial charge in [0.05, 0.1) is 0 Å². The van der Waals surface area contributed by atoms with E-state index in [4.69, 9.17) is 0 Å². The summed E-state index contributed by atoms with van der Waals surface area (Å²) >= 11 is 4.76. The van der Waals surface area contributed by atoms with E-state index in [-0.39, 0.29) is 11.8 Å². The molecule has 1 unspecified atom stereocenters. The third-order valence-corrected chi connectivity index (χ3v) is 5.36. The monoisotopic (exact) mass is 364 g/mol. The average molecular weight is 365 g/mol. The van der Waals surface area contributed by atoms with E-state index in [1.165, 1.54) is 11.3 Å². The molecule has 108 valence electrons. The van der Waals surface area contributed by atoms with Crippen LogP contribution >= 0.6 is 27.3 Å². The number of rotatable bonds is 1. The zero-order chi connectivity index (χ0) is 15.0. The van der Waals surface area contributed by atoms with E-state index in [0.29, 0.717) is 11.4 Å². The highest BCUT2D eigenvalue weighted by atomic mass is 79.9.